The van der Waals surface area contributed by atoms with Crippen LogP contribution in [0.3, 0.4) is 0 Å². The van der Waals surface area contributed by atoms with Crippen molar-refractivity contribution < 1.29 is 0 Å². The molecule has 252 valence electrons. The van der Waals surface area contributed by atoms with Gasteiger partial charge in [-0.15, -0.1) is 0 Å². The van der Waals surface area contributed by atoms with Crippen molar-refractivity contribution in [3.05, 3.63) is 139 Å². The normalized spacial score (nSPS) is 12.7. The summed E-state index contributed by atoms with van der Waals surface area (Å²) in [6.45, 7) is 0. The Hall–Kier alpha value is -5.64. The van der Waals surface area contributed by atoms with E-state index in [1.807, 2.05) is 97.1 Å². The monoisotopic (exact) mass is 756 g/mol. The van der Waals surface area contributed by atoms with E-state index in [0.29, 0.717) is 32.5 Å². The molecule has 8 nitrogen and oxygen atoms in total. The van der Waals surface area contributed by atoms with Crippen LogP contribution in [0.1, 0.15) is 45.6 Å². The van der Waals surface area contributed by atoms with Crippen LogP contribution in [0, 0.1) is 0 Å². The minimum Gasteiger partial charge on any atom is -0.355 e. The molecule has 0 unspecified atom stereocenters. The van der Waals surface area contributed by atoms with Gasteiger partial charge < -0.3 is 15.0 Å². The number of nitrogens with one attached hydrogen (secondary N) is 3. The second-order valence-corrected chi connectivity index (χ2v) is 13.7. The average Bonchev–Trinajstić information content (AvgIpc) is 3.97. The highest BCUT2D eigenvalue weighted by molar-refractivity contribution is 6.50. The van der Waals surface area contributed by atoms with Gasteiger partial charge in [0, 0.05) is 44.9 Å². The maximum atomic E-state index is 6.59. The van der Waals surface area contributed by atoms with E-state index in [1.54, 1.807) is 6.07 Å². The average molecular weight is 758 g/mol. The number of rotatable bonds is 0. The van der Waals surface area contributed by atoms with Gasteiger partial charge in [-0.25, -0.2) is 24.0 Å². The lowest BCUT2D eigenvalue weighted by Gasteiger charge is -1.96. The van der Waals surface area contributed by atoms with Crippen molar-refractivity contribution in [2.75, 3.05) is 0 Å². The fourth-order valence-corrected chi connectivity index (χ4v) is 7.34. The number of halogens is 4. The lowest BCUT2D eigenvalue weighted by molar-refractivity contribution is 1.30. The minimum atomic E-state index is 0.262. The van der Waals surface area contributed by atoms with Gasteiger partial charge in [0.05, 0.1) is 71.7 Å². The molecule has 4 aliphatic rings. The molecule has 16 bridgehead atoms. The zero-order valence-electron chi connectivity index (χ0n) is 26.9. The van der Waals surface area contributed by atoms with Gasteiger partial charge in [-0.2, -0.15) is 0 Å². The Morgan fingerprint density at radius 1 is 0.385 bits per heavy atom. The van der Waals surface area contributed by atoms with E-state index in [9.17, 15) is 0 Å². The Balaban J connectivity index is 0.000000140. The Kier molecular flexibility index (Phi) is 8.17. The molecule has 0 amide bonds. The van der Waals surface area contributed by atoms with Crippen LogP contribution >= 0.6 is 46.6 Å². The molecule has 0 saturated heterocycles. The predicted octanol–water partition coefficient (Wildman–Crippen LogP) is 11.7. The van der Waals surface area contributed by atoms with Crippen molar-refractivity contribution in [3.8, 4) is 0 Å². The zero-order chi connectivity index (χ0) is 35.3. The first-order valence-electron chi connectivity index (χ1n) is 16.1. The standard InChI is InChI=1S/C20H10Cl4N4.C20H14N4/c21-17-15-6-5-13(27-15)8-12-2-1-10(25-12)7-11-3-4-14(26-11)9-16-18(22)19(23)20(17)28(16)24;1-2-14-10-16-5-6-18(23-16)12-20-8-7-19(24-20)11-17-4-3-15(22-17)9-13(1)21-14/h1-9,25H;1-12,21,24H. The summed E-state index contributed by atoms with van der Waals surface area (Å²) in [6.07, 6.45) is 15.6. The molecule has 0 spiro atoms. The Labute approximate surface area is 316 Å². The molecule has 12 heteroatoms. The van der Waals surface area contributed by atoms with Crippen molar-refractivity contribution in [1.29, 1.82) is 0 Å². The van der Waals surface area contributed by atoms with E-state index in [-0.39, 0.29) is 5.02 Å². The van der Waals surface area contributed by atoms with Crippen LogP contribution in [-0.2, 0) is 0 Å². The van der Waals surface area contributed by atoms with E-state index in [1.165, 1.54) is 4.09 Å². The molecule has 10 heterocycles. The highest BCUT2D eigenvalue weighted by Crippen LogP contribution is 2.39. The second kappa shape index (κ2) is 13.2. The van der Waals surface area contributed by atoms with Gasteiger partial charge in [0.25, 0.3) is 0 Å². The van der Waals surface area contributed by atoms with Gasteiger partial charge >= 0.3 is 0 Å². The van der Waals surface area contributed by atoms with Crippen molar-refractivity contribution in [1.82, 2.24) is 39.0 Å². The van der Waals surface area contributed by atoms with Crippen LogP contribution in [0.5, 0.6) is 0 Å². The largest absolute Gasteiger partial charge is 0.355 e. The fraction of sp³-hybridized carbons (Fsp3) is 0. The summed E-state index contributed by atoms with van der Waals surface area (Å²) in [5.41, 5.74) is 13.4. The highest BCUT2D eigenvalue weighted by atomic mass is 35.5. The third kappa shape index (κ3) is 6.49. The molecule has 6 aromatic heterocycles. The molecule has 6 aromatic rings. The number of nitrogens with zero attached hydrogens (tertiary/aromatic N) is 5. The van der Waals surface area contributed by atoms with Crippen LogP contribution < -0.4 is 0 Å². The first-order chi connectivity index (χ1) is 25.3. The van der Waals surface area contributed by atoms with Gasteiger partial charge in [-0.1, -0.05) is 34.8 Å². The summed E-state index contributed by atoms with van der Waals surface area (Å²) in [4.78, 5) is 28.5. The second-order valence-electron chi connectivity index (χ2n) is 12.2. The summed E-state index contributed by atoms with van der Waals surface area (Å²) < 4.78 is 1.34. The summed E-state index contributed by atoms with van der Waals surface area (Å²) >= 11 is 26.0. The first-order valence-corrected chi connectivity index (χ1v) is 17.6. The van der Waals surface area contributed by atoms with E-state index >= 15 is 0 Å². The molecular formula is C40H24Cl4N8. The summed E-state index contributed by atoms with van der Waals surface area (Å²) in [5, 5.41) is 0.872. The van der Waals surface area contributed by atoms with Crippen molar-refractivity contribution in [2.45, 2.75) is 0 Å². The van der Waals surface area contributed by atoms with Crippen LogP contribution in [-0.4, -0.2) is 39.0 Å². The van der Waals surface area contributed by atoms with Crippen LogP contribution in [0.25, 0.3) is 92.7 Å². The van der Waals surface area contributed by atoms with Crippen LogP contribution in [0.2, 0.25) is 15.1 Å². The molecule has 10 rings (SSSR count). The van der Waals surface area contributed by atoms with E-state index < -0.39 is 0 Å². The topological polar surface area (TPSA) is 104 Å². The molecule has 3 N–H and O–H groups in total. The summed E-state index contributed by atoms with van der Waals surface area (Å²) in [5.74, 6) is 0. The maximum Gasteiger partial charge on any atom is 0.0992 e. The molecule has 0 fully saturated rings. The lowest BCUT2D eigenvalue weighted by atomic mass is 10.3. The highest BCUT2D eigenvalue weighted by Gasteiger charge is 2.18. The number of H-pyrrole nitrogens is 3. The maximum absolute atomic E-state index is 6.59. The predicted molar refractivity (Wildman–Crippen MR) is 218 cm³/mol. The number of aromatic amines is 3. The third-order valence-corrected chi connectivity index (χ3v) is 10.0. The van der Waals surface area contributed by atoms with Crippen LogP contribution in [0.4, 0.5) is 0 Å². The molecule has 0 aliphatic carbocycles. The van der Waals surface area contributed by atoms with Gasteiger partial charge in [0.1, 0.15) is 0 Å². The summed E-state index contributed by atoms with van der Waals surface area (Å²) in [7, 11) is 0. The van der Waals surface area contributed by atoms with Crippen molar-refractivity contribution in [3.63, 3.8) is 0 Å². The Bertz CT molecular complexity index is 2750. The van der Waals surface area contributed by atoms with Crippen molar-refractivity contribution >= 4 is 139 Å². The molecule has 0 aromatic carbocycles. The quantitative estimate of drug-likeness (QED) is 0.143. The van der Waals surface area contributed by atoms with Gasteiger partial charge in [0.2, 0.25) is 0 Å². The molecule has 0 saturated carbocycles. The number of hydrogen-bond acceptors (Lipinski definition) is 4. The molecule has 0 atom stereocenters. The molecule has 52 heavy (non-hydrogen) atoms. The number of hydrogen-bond donors (Lipinski definition) is 3. The number of fused-ring (bicyclic) bond motifs is 16. The van der Waals surface area contributed by atoms with Gasteiger partial charge in [-0.05, 0) is 127 Å². The Morgan fingerprint density at radius 3 is 1.10 bits per heavy atom. The van der Waals surface area contributed by atoms with Gasteiger partial charge in [-0.3, -0.25) is 0 Å². The zero-order valence-corrected chi connectivity index (χ0v) is 29.9. The van der Waals surface area contributed by atoms with Crippen molar-refractivity contribution in [2.24, 2.45) is 0 Å². The first kappa shape index (κ1) is 32.3. The van der Waals surface area contributed by atoms with Crippen LogP contribution in [0.15, 0.2) is 78.9 Å². The molecule has 0 radical (unpaired) electrons. The fourth-order valence-electron chi connectivity index (χ4n) is 6.07. The van der Waals surface area contributed by atoms with E-state index in [0.717, 1.165) is 67.3 Å². The third-order valence-electron chi connectivity index (χ3n) is 8.48. The lowest BCUT2D eigenvalue weighted by Crippen LogP contribution is -1.83. The Morgan fingerprint density at radius 2 is 0.712 bits per heavy atom. The van der Waals surface area contributed by atoms with E-state index in [2.05, 4.69) is 59.2 Å². The van der Waals surface area contributed by atoms with Gasteiger partial charge in [0.15, 0.2) is 0 Å². The minimum absolute atomic E-state index is 0.262. The SMILES string of the molecule is C1=Cc2cc3ccc(cc4nc(cc5ccc(cc1n2)[nH]5)C=C4)[nH]3.Clc1c(Cl)c2c(Cl)c3nc(cc4ccc(cc5nc(cc1n2Cl)C=C5)[nH]4)C=C3. The molecule has 4 aliphatic heterocycles. The summed E-state index contributed by atoms with van der Waals surface area (Å²) in [6, 6.07) is 26.0. The number of aromatic nitrogens is 8. The molecular weight excluding hydrogens is 734 g/mol. The smallest absolute Gasteiger partial charge is 0.0992 e. The van der Waals surface area contributed by atoms with E-state index in [4.69, 9.17) is 46.6 Å².